The average molecular weight is 255 g/mol. The SMILES string of the molecule is CCS(=O)(=O)Nc1ccc(/C=C/C(=O)O)cc1. The van der Waals surface area contributed by atoms with Crippen LogP contribution in [0.3, 0.4) is 0 Å². The van der Waals surface area contributed by atoms with Crippen LogP contribution in [0, 0.1) is 0 Å². The Labute approximate surface area is 99.8 Å². The maximum Gasteiger partial charge on any atom is 0.328 e. The minimum absolute atomic E-state index is 0.00761. The molecule has 0 amide bonds. The summed E-state index contributed by atoms with van der Waals surface area (Å²) in [6, 6.07) is 6.42. The number of sulfonamides is 1. The molecule has 1 aromatic rings. The molecule has 0 aromatic heterocycles. The summed E-state index contributed by atoms with van der Waals surface area (Å²) in [6.07, 6.45) is 2.45. The maximum atomic E-state index is 11.3. The van der Waals surface area contributed by atoms with Crippen molar-refractivity contribution in [3.8, 4) is 0 Å². The van der Waals surface area contributed by atoms with Gasteiger partial charge in [0.15, 0.2) is 0 Å². The molecule has 0 fully saturated rings. The van der Waals surface area contributed by atoms with E-state index in [0.717, 1.165) is 6.08 Å². The Morgan fingerprint density at radius 3 is 2.41 bits per heavy atom. The van der Waals surface area contributed by atoms with Crippen LogP contribution < -0.4 is 4.72 Å². The lowest BCUT2D eigenvalue weighted by Gasteiger charge is -2.05. The van der Waals surface area contributed by atoms with Gasteiger partial charge in [0.1, 0.15) is 0 Å². The van der Waals surface area contributed by atoms with E-state index in [1.807, 2.05) is 0 Å². The third-order valence-corrected chi connectivity index (χ3v) is 3.29. The lowest BCUT2D eigenvalue weighted by Crippen LogP contribution is -2.14. The Morgan fingerprint density at radius 1 is 1.35 bits per heavy atom. The van der Waals surface area contributed by atoms with E-state index in [1.165, 1.54) is 6.08 Å². The van der Waals surface area contributed by atoms with Crippen molar-refractivity contribution in [1.29, 1.82) is 0 Å². The van der Waals surface area contributed by atoms with Gasteiger partial charge in [0.2, 0.25) is 10.0 Å². The summed E-state index contributed by atoms with van der Waals surface area (Å²) in [4.78, 5) is 10.3. The normalized spacial score (nSPS) is 11.6. The van der Waals surface area contributed by atoms with Crippen LogP contribution in [0.2, 0.25) is 0 Å². The molecule has 0 spiro atoms. The van der Waals surface area contributed by atoms with Crippen LogP contribution in [0.1, 0.15) is 12.5 Å². The third kappa shape index (κ3) is 4.69. The first-order valence-electron chi connectivity index (χ1n) is 4.94. The summed E-state index contributed by atoms with van der Waals surface area (Å²) < 4.78 is 24.9. The number of nitrogens with one attached hydrogen (secondary N) is 1. The highest BCUT2D eigenvalue weighted by atomic mass is 32.2. The number of carbonyl (C=O) groups is 1. The first kappa shape index (κ1) is 13.2. The molecule has 0 unspecified atom stereocenters. The monoisotopic (exact) mass is 255 g/mol. The molecule has 0 bridgehead atoms. The largest absolute Gasteiger partial charge is 0.478 e. The van der Waals surface area contributed by atoms with E-state index in [2.05, 4.69) is 4.72 Å². The van der Waals surface area contributed by atoms with E-state index in [0.29, 0.717) is 11.3 Å². The molecule has 1 aromatic carbocycles. The van der Waals surface area contributed by atoms with Crippen molar-refractivity contribution in [3.05, 3.63) is 35.9 Å². The van der Waals surface area contributed by atoms with Gasteiger partial charge >= 0.3 is 5.97 Å². The highest BCUT2D eigenvalue weighted by Crippen LogP contribution is 2.12. The molecule has 0 heterocycles. The van der Waals surface area contributed by atoms with Crippen LogP contribution in [-0.4, -0.2) is 25.2 Å². The van der Waals surface area contributed by atoms with Crippen LogP contribution in [0.5, 0.6) is 0 Å². The van der Waals surface area contributed by atoms with Gasteiger partial charge in [0.05, 0.1) is 5.75 Å². The van der Waals surface area contributed by atoms with Gasteiger partial charge in [-0.15, -0.1) is 0 Å². The van der Waals surface area contributed by atoms with E-state index in [1.54, 1.807) is 31.2 Å². The average Bonchev–Trinajstić information content (AvgIpc) is 2.28. The zero-order valence-electron chi connectivity index (χ0n) is 9.25. The number of rotatable bonds is 5. The molecule has 92 valence electrons. The summed E-state index contributed by atoms with van der Waals surface area (Å²) in [6.45, 7) is 1.55. The van der Waals surface area contributed by atoms with Crippen LogP contribution >= 0.6 is 0 Å². The predicted molar refractivity (Wildman–Crippen MR) is 66.2 cm³/mol. The first-order valence-corrected chi connectivity index (χ1v) is 6.60. The van der Waals surface area contributed by atoms with Crippen LogP contribution in [0.25, 0.3) is 6.08 Å². The second-order valence-corrected chi connectivity index (χ2v) is 5.31. The Hall–Kier alpha value is -1.82. The molecule has 6 heteroatoms. The quantitative estimate of drug-likeness (QED) is 0.782. The number of carboxylic acids is 1. The molecule has 0 atom stereocenters. The summed E-state index contributed by atoms with van der Waals surface area (Å²) in [5, 5.41) is 8.44. The highest BCUT2D eigenvalue weighted by molar-refractivity contribution is 7.92. The molecule has 0 aliphatic heterocycles. The van der Waals surface area contributed by atoms with E-state index in [4.69, 9.17) is 5.11 Å². The Bertz CT molecular complexity index is 517. The third-order valence-electron chi connectivity index (χ3n) is 1.98. The minimum Gasteiger partial charge on any atom is -0.478 e. The standard InChI is InChI=1S/C11H13NO4S/c1-2-17(15,16)12-10-6-3-9(4-7-10)5-8-11(13)14/h3-8,12H,2H2,1H3,(H,13,14)/b8-5+. The zero-order chi connectivity index (χ0) is 12.9. The molecule has 0 aliphatic carbocycles. The molecule has 5 nitrogen and oxygen atoms in total. The van der Waals surface area contributed by atoms with Crippen molar-refractivity contribution in [2.24, 2.45) is 0 Å². The Balaban J connectivity index is 2.78. The summed E-state index contributed by atoms with van der Waals surface area (Å²) in [7, 11) is -3.27. The van der Waals surface area contributed by atoms with Crippen molar-refractivity contribution in [1.82, 2.24) is 0 Å². The lowest BCUT2D eigenvalue weighted by molar-refractivity contribution is -0.131. The Morgan fingerprint density at radius 2 is 1.94 bits per heavy atom. The number of anilines is 1. The highest BCUT2D eigenvalue weighted by Gasteiger charge is 2.05. The predicted octanol–water partition coefficient (Wildman–Crippen LogP) is 1.55. The number of hydrogen-bond acceptors (Lipinski definition) is 3. The fourth-order valence-corrected chi connectivity index (χ4v) is 1.72. The van der Waals surface area contributed by atoms with Crippen LogP contribution in [0.4, 0.5) is 5.69 Å². The van der Waals surface area contributed by atoms with E-state index in [-0.39, 0.29) is 5.75 Å². The summed E-state index contributed by atoms with van der Waals surface area (Å²) in [5.74, 6) is -1.02. The minimum atomic E-state index is -3.27. The van der Waals surface area contributed by atoms with Gasteiger partial charge in [0, 0.05) is 11.8 Å². The van der Waals surface area contributed by atoms with Gasteiger partial charge in [-0.05, 0) is 30.7 Å². The molecule has 17 heavy (non-hydrogen) atoms. The lowest BCUT2D eigenvalue weighted by atomic mass is 10.2. The van der Waals surface area contributed by atoms with Crippen LogP contribution in [-0.2, 0) is 14.8 Å². The number of hydrogen-bond donors (Lipinski definition) is 2. The van der Waals surface area contributed by atoms with Gasteiger partial charge in [0.25, 0.3) is 0 Å². The molecule has 0 saturated carbocycles. The maximum absolute atomic E-state index is 11.3. The zero-order valence-corrected chi connectivity index (χ0v) is 10.1. The fourth-order valence-electron chi connectivity index (χ4n) is 1.08. The topological polar surface area (TPSA) is 83.5 Å². The van der Waals surface area contributed by atoms with Crippen molar-refractivity contribution in [2.45, 2.75) is 6.92 Å². The van der Waals surface area contributed by atoms with E-state index >= 15 is 0 Å². The van der Waals surface area contributed by atoms with E-state index < -0.39 is 16.0 Å². The number of benzene rings is 1. The molecular weight excluding hydrogens is 242 g/mol. The number of aliphatic carboxylic acids is 1. The smallest absolute Gasteiger partial charge is 0.328 e. The number of carboxylic acid groups (broad SMARTS) is 1. The summed E-state index contributed by atoms with van der Waals surface area (Å²) >= 11 is 0. The molecule has 2 N–H and O–H groups in total. The van der Waals surface area contributed by atoms with E-state index in [9.17, 15) is 13.2 Å². The first-order chi connectivity index (χ1) is 7.93. The Kier molecular flexibility index (Phi) is 4.28. The van der Waals surface area contributed by atoms with Gasteiger partial charge in [-0.25, -0.2) is 13.2 Å². The molecular formula is C11H13NO4S. The van der Waals surface area contributed by atoms with Gasteiger partial charge in [-0.3, -0.25) is 4.72 Å². The van der Waals surface area contributed by atoms with Crippen LogP contribution in [0.15, 0.2) is 30.3 Å². The molecule has 1 rings (SSSR count). The van der Waals surface area contributed by atoms with Gasteiger partial charge < -0.3 is 5.11 Å². The van der Waals surface area contributed by atoms with Gasteiger partial charge in [-0.1, -0.05) is 12.1 Å². The van der Waals surface area contributed by atoms with Crippen molar-refractivity contribution < 1.29 is 18.3 Å². The second kappa shape index (κ2) is 5.49. The van der Waals surface area contributed by atoms with Gasteiger partial charge in [-0.2, -0.15) is 0 Å². The molecule has 0 saturated heterocycles. The van der Waals surface area contributed by atoms with Crippen molar-refractivity contribution in [2.75, 3.05) is 10.5 Å². The summed E-state index contributed by atoms with van der Waals surface area (Å²) in [5.41, 5.74) is 1.14. The van der Waals surface area contributed by atoms with Crippen molar-refractivity contribution >= 4 is 27.8 Å². The van der Waals surface area contributed by atoms with Crippen molar-refractivity contribution in [3.63, 3.8) is 0 Å². The second-order valence-electron chi connectivity index (χ2n) is 3.30. The molecule has 0 aliphatic rings. The molecule has 0 radical (unpaired) electrons. The fraction of sp³-hybridized carbons (Fsp3) is 0.182.